The maximum atomic E-state index is 11.8. The highest BCUT2D eigenvalue weighted by atomic mass is 35.5. The van der Waals surface area contributed by atoms with Gasteiger partial charge in [0.05, 0.1) is 15.0 Å². The third-order valence-electron chi connectivity index (χ3n) is 2.64. The van der Waals surface area contributed by atoms with E-state index in [1.165, 1.54) is 25.3 Å². The number of thioether (sulfide) groups is 1. The van der Waals surface area contributed by atoms with Crippen LogP contribution in [0.3, 0.4) is 0 Å². The van der Waals surface area contributed by atoms with Crippen LogP contribution in [0.4, 0.5) is 4.79 Å². The average Bonchev–Trinajstić information content (AvgIpc) is 2.65. The number of carboxylic acids is 1. The van der Waals surface area contributed by atoms with E-state index in [9.17, 15) is 14.4 Å². The van der Waals surface area contributed by atoms with Gasteiger partial charge in [0, 0.05) is 7.05 Å². The molecule has 0 unspecified atom stereocenters. The molecule has 1 aromatic carbocycles. The maximum absolute atomic E-state index is 11.8. The molecule has 1 heterocycles. The smallest absolute Gasteiger partial charge is 0.341 e. The maximum Gasteiger partial charge on any atom is 0.341 e. The molecule has 2 amide bonds. The Balaban J connectivity index is 2.29. The van der Waals surface area contributed by atoms with Crippen molar-refractivity contribution in [2.45, 2.75) is 0 Å². The van der Waals surface area contributed by atoms with Crippen LogP contribution in [0.2, 0.25) is 10.0 Å². The summed E-state index contributed by atoms with van der Waals surface area (Å²) >= 11 is 12.8. The van der Waals surface area contributed by atoms with E-state index in [0.29, 0.717) is 5.56 Å². The van der Waals surface area contributed by atoms with Crippen LogP contribution in [0.15, 0.2) is 17.0 Å². The van der Waals surface area contributed by atoms with Crippen LogP contribution in [-0.2, 0) is 9.59 Å². The molecule has 1 aromatic rings. The average molecular weight is 362 g/mol. The topological polar surface area (TPSA) is 83.9 Å². The molecule has 1 aliphatic rings. The van der Waals surface area contributed by atoms with Crippen LogP contribution in [-0.4, -0.2) is 40.8 Å². The zero-order valence-electron chi connectivity index (χ0n) is 11.1. The molecule has 1 saturated heterocycles. The Bertz CT molecular complexity index is 681. The van der Waals surface area contributed by atoms with Crippen LogP contribution in [0.1, 0.15) is 5.56 Å². The molecular formula is C13H9Cl2NO5S. The number of aliphatic carboxylic acids is 1. The second-order valence-corrected chi connectivity index (χ2v) is 6.04. The van der Waals surface area contributed by atoms with E-state index in [1.54, 1.807) is 0 Å². The van der Waals surface area contributed by atoms with Gasteiger partial charge in [0.25, 0.3) is 11.1 Å². The number of likely N-dealkylation sites (N-methyl/N-ethyl adjacent to an activating group) is 1. The van der Waals surface area contributed by atoms with Crippen LogP contribution < -0.4 is 4.74 Å². The normalized spacial score (nSPS) is 16.5. The van der Waals surface area contributed by atoms with Crippen molar-refractivity contribution in [1.82, 2.24) is 4.90 Å². The first kappa shape index (κ1) is 16.7. The lowest BCUT2D eigenvalue weighted by atomic mass is 10.2. The van der Waals surface area contributed by atoms with Crippen molar-refractivity contribution in [3.05, 3.63) is 32.6 Å². The fourth-order valence-electron chi connectivity index (χ4n) is 1.63. The minimum atomic E-state index is -1.16. The van der Waals surface area contributed by atoms with E-state index in [2.05, 4.69) is 0 Å². The number of rotatable bonds is 4. The van der Waals surface area contributed by atoms with Gasteiger partial charge in [-0.2, -0.15) is 0 Å². The lowest BCUT2D eigenvalue weighted by Crippen LogP contribution is -2.22. The molecule has 0 radical (unpaired) electrons. The summed E-state index contributed by atoms with van der Waals surface area (Å²) in [6.07, 6.45) is 1.48. The number of imide groups is 1. The van der Waals surface area contributed by atoms with Crippen molar-refractivity contribution < 1.29 is 24.2 Å². The number of amides is 2. The van der Waals surface area contributed by atoms with E-state index in [1.807, 2.05) is 0 Å². The quantitative estimate of drug-likeness (QED) is 0.829. The lowest BCUT2D eigenvalue weighted by molar-refractivity contribution is -0.139. The molecule has 9 heteroatoms. The largest absolute Gasteiger partial charge is 0.479 e. The molecule has 1 aliphatic heterocycles. The summed E-state index contributed by atoms with van der Waals surface area (Å²) in [6, 6.07) is 2.93. The molecule has 0 atom stereocenters. The number of nitrogens with zero attached hydrogens (tertiary/aromatic N) is 1. The van der Waals surface area contributed by atoms with Gasteiger partial charge in [-0.05, 0) is 35.5 Å². The SMILES string of the molecule is CN1C(=O)SC(=Cc2cc(Cl)c(OCC(=O)O)c(Cl)c2)C1=O. The van der Waals surface area contributed by atoms with Crippen molar-refractivity contribution in [2.24, 2.45) is 0 Å². The predicted molar refractivity (Wildman–Crippen MR) is 83.3 cm³/mol. The summed E-state index contributed by atoms with van der Waals surface area (Å²) in [4.78, 5) is 35.0. The summed E-state index contributed by atoms with van der Waals surface area (Å²) in [5, 5.41) is 8.43. The van der Waals surface area contributed by atoms with E-state index in [4.69, 9.17) is 33.0 Å². The molecule has 6 nitrogen and oxygen atoms in total. The molecular weight excluding hydrogens is 353 g/mol. The van der Waals surface area contributed by atoms with Crippen molar-refractivity contribution in [1.29, 1.82) is 0 Å². The Morgan fingerprint density at radius 3 is 2.41 bits per heavy atom. The van der Waals surface area contributed by atoms with Crippen LogP contribution >= 0.6 is 35.0 Å². The van der Waals surface area contributed by atoms with E-state index < -0.39 is 18.5 Å². The summed E-state index contributed by atoms with van der Waals surface area (Å²) in [5.41, 5.74) is 0.497. The lowest BCUT2D eigenvalue weighted by Gasteiger charge is -2.09. The van der Waals surface area contributed by atoms with Crippen molar-refractivity contribution in [3.8, 4) is 5.75 Å². The Morgan fingerprint density at radius 2 is 1.95 bits per heavy atom. The van der Waals surface area contributed by atoms with E-state index in [-0.39, 0.29) is 25.9 Å². The van der Waals surface area contributed by atoms with E-state index in [0.717, 1.165) is 16.7 Å². The molecule has 0 spiro atoms. The minimum absolute atomic E-state index is 0.0477. The zero-order chi connectivity index (χ0) is 16.4. The van der Waals surface area contributed by atoms with Crippen molar-refractivity contribution >= 4 is 58.2 Å². The molecule has 0 saturated carbocycles. The number of hydrogen-bond donors (Lipinski definition) is 1. The van der Waals surface area contributed by atoms with Gasteiger partial charge in [-0.15, -0.1) is 0 Å². The van der Waals surface area contributed by atoms with Gasteiger partial charge in [0.15, 0.2) is 12.4 Å². The summed E-state index contributed by atoms with van der Waals surface area (Å²) in [5.74, 6) is -1.52. The van der Waals surface area contributed by atoms with Gasteiger partial charge >= 0.3 is 5.97 Å². The highest BCUT2D eigenvalue weighted by molar-refractivity contribution is 8.18. The molecule has 0 aliphatic carbocycles. The Labute approximate surface area is 139 Å². The number of hydrogen-bond acceptors (Lipinski definition) is 5. The number of halogens is 2. The first-order chi connectivity index (χ1) is 10.3. The Morgan fingerprint density at radius 1 is 1.36 bits per heavy atom. The summed E-state index contributed by atoms with van der Waals surface area (Å²) in [7, 11) is 1.39. The van der Waals surface area contributed by atoms with E-state index >= 15 is 0 Å². The minimum Gasteiger partial charge on any atom is -0.479 e. The highest BCUT2D eigenvalue weighted by Gasteiger charge is 2.31. The standard InChI is InChI=1S/C13H9Cl2NO5S/c1-16-12(19)9(22-13(16)20)4-6-2-7(14)11(8(15)3-6)21-5-10(17)18/h2-4H,5H2,1H3,(H,17,18). The predicted octanol–water partition coefficient (Wildman–Crippen LogP) is 3.12. The Kier molecular flexibility index (Phi) is 5.00. The van der Waals surface area contributed by atoms with Gasteiger partial charge in [0.1, 0.15) is 0 Å². The van der Waals surface area contributed by atoms with Crippen molar-refractivity contribution in [3.63, 3.8) is 0 Å². The monoisotopic (exact) mass is 361 g/mol. The molecule has 1 fully saturated rings. The number of benzene rings is 1. The Hall–Kier alpha value is -1.70. The molecule has 0 aromatic heterocycles. The van der Waals surface area contributed by atoms with Crippen LogP contribution in [0.5, 0.6) is 5.75 Å². The molecule has 1 N–H and O–H groups in total. The highest BCUT2D eigenvalue weighted by Crippen LogP contribution is 2.37. The summed E-state index contributed by atoms with van der Waals surface area (Å²) in [6.45, 7) is -0.576. The van der Waals surface area contributed by atoms with Crippen LogP contribution in [0.25, 0.3) is 6.08 Å². The van der Waals surface area contributed by atoms with Gasteiger partial charge in [0.2, 0.25) is 0 Å². The number of carbonyl (C=O) groups is 3. The van der Waals surface area contributed by atoms with Gasteiger partial charge in [-0.1, -0.05) is 23.2 Å². The third kappa shape index (κ3) is 3.55. The van der Waals surface area contributed by atoms with Crippen LogP contribution in [0, 0.1) is 0 Å². The molecule has 2 rings (SSSR count). The number of ether oxygens (including phenoxy) is 1. The zero-order valence-corrected chi connectivity index (χ0v) is 13.5. The second-order valence-electron chi connectivity index (χ2n) is 4.24. The molecule has 22 heavy (non-hydrogen) atoms. The van der Waals surface area contributed by atoms with Gasteiger partial charge in [-0.25, -0.2) is 4.79 Å². The second kappa shape index (κ2) is 6.60. The fraction of sp³-hybridized carbons (Fsp3) is 0.154. The van der Waals surface area contributed by atoms with Gasteiger partial charge in [-0.3, -0.25) is 14.5 Å². The summed E-state index contributed by atoms with van der Waals surface area (Å²) < 4.78 is 4.99. The third-order valence-corrected chi connectivity index (χ3v) is 4.17. The van der Waals surface area contributed by atoms with Crippen molar-refractivity contribution in [2.75, 3.05) is 13.7 Å². The van der Waals surface area contributed by atoms with Gasteiger partial charge < -0.3 is 9.84 Å². The number of carboxylic acid groups (broad SMARTS) is 1. The molecule has 116 valence electrons. The fourth-order valence-corrected chi connectivity index (χ4v) is 3.07. The first-order valence-electron chi connectivity index (χ1n) is 5.85. The number of carbonyl (C=O) groups excluding carboxylic acids is 2. The molecule has 0 bridgehead atoms. The first-order valence-corrected chi connectivity index (χ1v) is 7.42.